The molecule has 1 aromatic carbocycles. The number of hydrogen-bond acceptors (Lipinski definition) is 3. The minimum Gasteiger partial charge on any atom is -0.382 e. The topological polar surface area (TPSA) is 75.3 Å². The molecule has 1 amide bonds. The van der Waals surface area contributed by atoms with E-state index in [1.54, 1.807) is 12.1 Å². The first-order chi connectivity index (χ1) is 10.6. The molecule has 1 fully saturated rings. The first-order valence-corrected chi connectivity index (χ1v) is 8.02. The predicted octanol–water partition coefficient (Wildman–Crippen LogP) is 2.10. The number of halogens is 1. The van der Waals surface area contributed by atoms with Crippen molar-refractivity contribution in [2.24, 2.45) is 11.7 Å². The minimum atomic E-state index is -1.19. The fraction of sp³-hybridized carbons (Fsp3) is 0.588. The Morgan fingerprint density at radius 1 is 1.27 bits per heavy atom. The fourth-order valence-electron chi connectivity index (χ4n) is 3.03. The van der Waals surface area contributed by atoms with E-state index in [2.05, 4.69) is 5.32 Å². The average Bonchev–Trinajstić information content (AvgIpc) is 2.54. The number of nitrogens with one attached hydrogen (secondary N) is 1. The third-order valence-corrected chi connectivity index (χ3v) is 4.38. The molecule has 2 atom stereocenters. The molecule has 122 valence electrons. The Kier molecular flexibility index (Phi) is 6.34. The normalized spacial score (nSPS) is 18.7. The van der Waals surface area contributed by atoms with Crippen molar-refractivity contribution in [2.45, 2.75) is 57.2 Å². The average molecular weight is 308 g/mol. The summed E-state index contributed by atoms with van der Waals surface area (Å²) >= 11 is 0. The highest BCUT2D eigenvalue weighted by Gasteiger charge is 2.26. The summed E-state index contributed by atoms with van der Waals surface area (Å²) in [5.74, 6) is -0.263. The summed E-state index contributed by atoms with van der Waals surface area (Å²) in [5.41, 5.74) is 6.76. The molecule has 1 aliphatic carbocycles. The van der Waals surface area contributed by atoms with Crippen LogP contribution < -0.4 is 11.1 Å². The molecule has 4 N–H and O–H groups in total. The van der Waals surface area contributed by atoms with Gasteiger partial charge in [-0.15, -0.1) is 0 Å². The van der Waals surface area contributed by atoms with Gasteiger partial charge in [-0.2, -0.15) is 0 Å². The van der Waals surface area contributed by atoms with Crippen LogP contribution in [0, 0.1) is 11.7 Å². The summed E-state index contributed by atoms with van der Waals surface area (Å²) in [4.78, 5) is 12.0. The van der Waals surface area contributed by atoms with Gasteiger partial charge in [0.05, 0.1) is 0 Å². The summed E-state index contributed by atoms with van der Waals surface area (Å²) in [7, 11) is 0. The van der Waals surface area contributed by atoms with Gasteiger partial charge >= 0.3 is 0 Å². The van der Waals surface area contributed by atoms with Crippen molar-refractivity contribution in [2.75, 3.05) is 0 Å². The highest BCUT2D eigenvalue weighted by molar-refractivity contribution is 5.81. The Hall–Kier alpha value is -1.46. The van der Waals surface area contributed by atoms with Crippen LogP contribution in [0.4, 0.5) is 4.39 Å². The largest absolute Gasteiger partial charge is 0.382 e. The van der Waals surface area contributed by atoms with Crippen molar-refractivity contribution in [1.82, 2.24) is 5.32 Å². The molecule has 5 heteroatoms. The second kappa shape index (κ2) is 8.25. The second-order valence-electron chi connectivity index (χ2n) is 6.19. The van der Waals surface area contributed by atoms with E-state index in [4.69, 9.17) is 5.73 Å². The van der Waals surface area contributed by atoms with Gasteiger partial charge in [-0.05, 0) is 30.0 Å². The molecule has 4 nitrogen and oxygen atoms in total. The van der Waals surface area contributed by atoms with Crippen LogP contribution in [0.3, 0.4) is 0 Å². The SMILES string of the molecule is N[C@H](CC1CCCCC1)C(O)C(=O)NCc1ccc(F)cc1. The van der Waals surface area contributed by atoms with E-state index < -0.39 is 18.1 Å². The first kappa shape index (κ1) is 16.9. The van der Waals surface area contributed by atoms with Crippen LogP contribution in [0.2, 0.25) is 0 Å². The van der Waals surface area contributed by atoms with Crippen LogP contribution in [0.1, 0.15) is 44.1 Å². The second-order valence-corrected chi connectivity index (χ2v) is 6.19. The van der Waals surface area contributed by atoms with Gasteiger partial charge in [0.2, 0.25) is 0 Å². The molecular formula is C17H25FN2O2. The van der Waals surface area contributed by atoms with Crippen molar-refractivity contribution < 1.29 is 14.3 Å². The smallest absolute Gasteiger partial charge is 0.250 e. The highest BCUT2D eigenvalue weighted by atomic mass is 19.1. The standard InChI is InChI=1S/C17H25FN2O2/c18-14-8-6-13(7-9-14)11-20-17(22)16(21)15(19)10-12-4-2-1-3-5-12/h6-9,12,15-16,21H,1-5,10-11,19H2,(H,20,22)/t15-,16?/m1/s1. The lowest BCUT2D eigenvalue weighted by molar-refractivity contribution is -0.130. The lowest BCUT2D eigenvalue weighted by atomic mass is 9.84. The maximum Gasteiger partial charge on any atom is 0.250 e. The molecule has 0 aliphatic heterocycles. The van der Waals surface area contributed by atoms with Crippen LogP contribution >= 0.6 is 0 Å². The molecule has 0 heterocycles. The van der Waals surface area contributed by atoms with Gasteiger partial charge in [-0.3, -0.25) is 4.79 Å². The predicted molar refractivity (Wildman–Crippen MR) is 83.4 cm³/mol. The van der Waals surface area contributed by atoms with E-state index in [9.17, 15) is 14.3 Å². The van der Waals surface area contributed by atoms with Gasteiger partial charge in [0.1, 0.15) is 11.9 Å². The van der Waals surface area contributed by atoms with Crippen LogP contribution in [-0.4, -0.2) is 23.2 Å². The summed E-state index contributed by atoms with van der Waals surface area (Å²) < 4.78 is 12.8. The van der Waals surface area contributed by atoms with E-state index in [1.807, 2.05) is 0 Å². The Morgan fingerprint density at radius 3 is 2.55 bits per heavy atom. The molecule has 0 saturated heterocycles. The molecule has 0 bridgehead atoms. The molecule has 2 rings (SSSR count). The van der Waals surface area contributed by atoms with Crippen molar-refractivity contribution in [3.63, 3.8) is 0 Å². The number of hydrogen-bond donors (Lipinski definition) is 3. The summed E-state index contributed by atoms with van der Waals surface area (Å²) in [6, 6.07) is 5.35. The molecule has 1 aliphatic rings. The lowest BCUT2D eigenvalue weighted by Crippen LogP contribution is -2.47. The summed E-state index contributed by atoms with van der Waals surface area (Å²) in [6.07, 6.45) is 5.46. The van der Waals surface area contributed by atoms with Crippen LogP contribution in [-0.2, 0) is 11.3 Å². The Labute approximate surface area is 130 Å². The maximum absolute atomic E-state index is 12.8. The fourth-order valence-corrected chi connectivity index (χ4v) is 3.03. The van der Waals surface area contributed by atoms with Crippen LogP contribution in [0.5, 0.6) is 0 Å². The molecule has 0 aromatic heterocycles. The van der Waals surface area contributed by atoms with Gasteiger partial charge in [0.25, 0.3) is 5.91 Å². The number of aliphatic hydroxyl groups is 1. The molecular weight excluding hydrogens is 283 g/mol. The zero-order valence-corrected chi connectivity index (χ0v) is 12.8. The Balaban J connectivity index is 1.76. The van der Waals surface area contributed by atoms with E-state index in [-0.39, 0.29) is 12.4 Å². The lowest BCUT2D eigenvalue weighted by Gasteiger charge is -2.26. The van der Waals surface area contributed by atoms with Crippen LogP contribution in [0.25, 0.3) is 0 Å². The van der Waals surface area contributed by atoms with Crippen molar-refractivity contribution in [3.8, 4) is 0 Å². The Morgan fingerprint density at radius 2 is 1.91 bits per heavy atom. The summed E-state index contributed by atoms with van der Waals surface area (Å²) in [6.45, 7) is 0.256. The van der Waals surface area contributed by atoms with Gasteiger partial charge < -0.3 is 16.2 Å². The Bertz CT molecular complexity index is 472. The van der Waals surface area contributed by atoms with Crippen LogP contribution in [0.15, 0.2) is 24.3 Å². The molecule has 1 unspecified atom stereocenters. The highest BCUT2D eigenvalue weighted by Crippen LogP contribution is 2.27. The van der Waals surface area contributed by atoms with E-state index in [0.717, 1.165) is 18.4 Å². The third-order valence-electron chi connectivity index (χ3n) is 4.38. The molecule has 0 spiro atoms. The number of carbonyl (C=O) groups is 1. The zero-order chi connectivity index (χ0) is 15.9. The molecule has 22 heavy (non-hydrogen) atoms. The van der Waals surface area contributed by atoms with Crippen molar-refractivity contribution in [1.29, 1.82) is 0 Å². The third kappa shape index (κ3) is 5.07. The number of aliphatic hydroxyl groups excluding tert-OH is 1. The molecule has 1 aromatic rings. The van der Waals surface area contributed by atoms with Gasteiger partial charge in [0, 0.05) is 12.6 Å². The van der Waals surface area contributed by atoms with E-state index in [0.29, 0.717) is 12.3 Å². The van der Waals surface area contributed by atoms with E-state index in [1.165, 1.54) is 31.4 Å². The quantitative estimate of drug-likeness (QED) is 0.753. The number of carbonyl (C=O) groups excluding carboxylic acids is 1. The minimum absolute atomic E-state index is 0.256. The number of benzene rings is 1. The maximum atomic E-state index is 12.8. The van der Waals surface area contributed by atoms with Gasteiger partial charge in [-0.1, -0.05) is 44.2 Å². The number of amides is 1. The number of nitrogens with two attached hydrogens (primary N) is 1. The molecule has 0 radical (unpaired) electrons. The van der Waals surface area contributed by atoms with Gasteiger partial charge in [0.15, 0.2) is 0 Å². The van der Waals surface area contributed by atoms with Crippen molar-refractivity contribution in [3.05, 3.63) is 35.6 Å². The number of rotatable bonds is 6. The first-order valence-electron chi connectivity index (χ1n) is 8.02. The monoisotopic (exact) mass is 308 g/mol. The zero-order valence-electron chi connectivity index (χ0n) is 12.8. The summed E-state index contributed by atoms with van der Waals surface area (Å²) in [5, 5.41) is 12.7. The molecule has 1 saturated carbocycles. The van der Waals surface area contributed by atoms with Crippen molar-refractivity contribution >= 4 is 5.91 Å². The van der Waals surface area contributed by atoms with Gasteiger partial charge in [-0.25, -0.2) is 4.39 Å². The van der Waals surface area contributed by atoms with E-state index >= 15 is 0 Å².